The molecule has 0 heterocycles. The fourth-order valence-electron chi connectivity index (χ4n) is 3.46. The third-order valence-corrected chi connectivity index (χ3v) is 5.37. The normalized spacial score (nSPS) is 9.78. The lowest BCUT2D eigenvalue weighted by atomic mass is 10.0. The fraction of sp³-hybridized carbons (Fsp3) is 0.133. The van der Waals surface area contributed by atoms with Crippen molar-refractivity contribution < 1.29 is 9.85 Å². The van der Waals surface area contributed by atoms with Crippen molar-refractivity contribution in [2.24, 2.45) is 0 Å². The highest BCUT2D eigenvalue weighted by atomic mass is 16.6. The Kier molecular flexibility index (Phi) is 10.7. The zero-order valence-electron chi connectivity index (χ0n) is 19.2. The van der Waals surface area contributed by atoms with Crippen molar-refractivity contribution in [3.63, 3.8) is 0 Å². The third kappa shape index (κ3) is 8.65. The summed E-state index contributed by atoms with van der Waals surface area (Å²) in [7, 11) is 0. The van der Waals surface area contributed by atoms with Gasteiger partial charge in [-0.1, -0.05) is 117 Å². The summed E-state index contributed by atoms with van der Waals surface area (Å²) in [4.78, 5) is 20.0. The Balaban J connectivity index is 0.000000247. The summed E-state index contributed by atoms with van der Waals surface area (Å²) < 4.78 is 0. The first-order chi connectivity index (χ1) is 16.9. The van der Waals surface area contributed by atoms with Crippen LogP contribution in [0.3, 0.4) is 0 Å². The van der Waals surface area contributed by atoms with E-state index < -0.39 is 4.92 Å². The first kappa shape index (κ1) is 27.7. The van der Waals surface area contributed by atoms with Crippen LogP contribution in [0.1, 0.15) is 18.6 Å². The van der Waals surface area contributed by atoms with E-state index in [1.54, 1.807) is 0 Å². The summed E-state index contributed by atoms with van der Waals surface area (Å²) in [6.45, 7) is 3.42. The molecule has 0 amide bonds. The molecule has 4 rings (SSSR count). The van der Waals surface area contributed by atoms with E-state index in [4.69, 9.17) is 0 Å². The zero-order valence-corrected chi connectivity index (χ0v) is 19.2. The molecule has 184 valence electrons. The van der Waals surface area contributed by atoms with Crippen molar-refractivity contribution in [2.45, 2.75) is 20.3 Å². The van der Waals surface area contributed by atoms with Gasteiger partial charge in [0.1, 0.15) is 0 Å². The van der Waals surface area contributed by atoms with E-state index in [-0.39, 0.29) is 31.0 Å². The Bertz CT molecular complexity index is 1250. The monoisotopic (exact) mass is 482 g/mol. The summed E-state index contributed by atoms with van der Waals surface area (Å²) in [5, 5.41) is 20.8. The first-order valence-electron chi connectivity index (χ1n) is 11.1. The van der Waals surface area contributed by atoms with E-state index in [9.17, 15) is 20.2 Å². The van der Waals surface area contributed by atoms with Crippen LogP contribution < -0.4 is 0 Å². The molecule has 4 aromatic carbocycles. The van der Waals surface area contributed by atoms with Gasteiger partial charge in [-0.15, -0.1) is 0 Å². The van der Waals surface area contributed by atoms with Crippen molar-refractivity contribution in [3.8, 4) is 22.3 Å². The van der Waals surface area contributed by atoms with Gasteiger partial charge in [0.25, 0.3) is 0 Å². The predicted octanol–water partition coefficient (Wildman–Crippen LogP) is 7.50. The predicted molar refractivity (Wildman–Crippen MR) is 146 cm³/mol. The molecule has 0 spiro atoms. The molecule has 0 aliphatic carbocycles. The topological polar surface area (TPSA) is 86.3 Å². The van der Waals surface area contributed by atoms with Gasteiger partial charge in [0.2, 0.25) is 12.2 Å². The number of allylic oxidation sites excluding steroid dienone is 1. The summed E-state index contributed by atoms with van der Waals surface area (Å²) in [5.41, 5.74) is 6.45. The molecule has 0 aliphatic heterocycles. The first-order valence-corrected chi connectivity index (χ1v) is 11.1. The van der Waals surface area contributed by atoms with Gasteiger partial charge in [-0.2, -0.15) is 0 Å². The van der Waals surface area contributed by atoms with Gasteiger partial charge >= 0.3 is 0 Å². The minimum absolute atomic E-state index is 0. The van der Waals surface area contributed by atoms with E-state index in [2.05, 4.69) is 6.58 Å². The van der Waals surface area contributed by atoms with E-state index in [0.717, 1.165) is 33.4 Å². The molecule has 0 fully saturated rings. The number of nitrogens with zero attached hydrogens (tertiary/aromatic N) is 2. The van der Waals surface area contributed by atoms with Gasteiger partial charge in [0.05, 0.1) is 11.3 Å². The van der Waals surface area contributed by atoms with Crippen LogP contribution in [-0.2, 0) is 12.8 Å². The maximum absolute atomic E-state index is 10.5. The molecule has 0 bridgehead atoms. The van der Waals surface area contributed by atoms with E-state index in [1.165, 1.54) is 0 Å². The molecule has 6 nitrogen and oxygen atoms in total. The SMILES string of the molecule is C.C=C(Cc1ccc(-c2ccccc2)cc1)[N+](=O)[O-].O=[N+]([O-])CCc1ccc(-c2ccccc2)cc1. The smallest absolute Gasteiger partial charge is 0.243 e. The molecule has 6 heteroatoms. The van der Waals surface area contributed by atoms with Crippen molar-refractivity contribution in [1.29, 1.82) is 0 Å². The van der Waals surface area contributed by atoms with Crippen LogP contribution in [0, 0.1) is 20.2 Å². The molecular formula is C30H30N2O4. The lowest BCUT2D eigenvalue weighted by Crippen LogP contribution is -2.03. The molecule has 0 atom stereocenters. The highest BCUT2D eigenvalue weighted by molar-refractivity contribution is 5.64. The van der Waals surface area contributed by atoms with Gasteiger partial charge in [-0.25, -0.2) is 0 Å². The van der Waals surface area contributed by atoms with Crippen molar-refractivity contribution in [1.82, 2.24) is 0 Å². The third-order valence-electron chi connectivity index (χ3n) is 5.37. The second kappa shape index (κ2) is 14.0. The Hall–Kier alpha value is -4.58. The molecule has 0 unspecified atom stereocenters. The van der Waals surface area contributed by atoms with E-state index >= 15 is 0 Å². The lowest BCUT2D eigenvalue weighted by Gasteiger charge is -2.03. The van der Waals surface area contributed by atoms with Crippen LogP contribution in [0.25, 0.3) is 22.3 Å². The Morgan fingerprint density at radius 2 is 1.00 bits per heavy atom. The van der Waals surface area contributed by atoms with Gasteiger partial charge in [-0.3, -0.25) is 20.2 Å². The van der Waals surface area contributed by atoms with Gasteiger partial charge in [-0.05, 0) is 40.0 Å². The van der Waals surface area contributed by atoms with E-state index in [1.807, 2.05) is 109 Å². The number of nitro groups is 2. The lowest BCUT2D eigenvalue weighted by molar-refractivity contribution is -0.479. The molecule has 36 heavy (non-hydrogen) atoms. The number of hydrogen-bond acceptors (Lipinski definition) is 4. The maximum atomic E-state index is 10.5. The molecular weight excluding hydrogens is 452 g/mol. The molecule has 0 aromatic heterocycles. The minimum atomic E-state index is -0.439. The Morgan fingerprint density at radius 1 is 0.611 bits per heavy atom. The number of benzene rings is 4. The van der Waals surface area contributed by atoms with Gasteiger partial charge < -0.3 is 0 Å². The zero-order chi connectivity index (χ0) is 25.0. The van der Waals surface area contributed by atoms with Gasteiger partial charge in [0, 0.05) is 11.3 Å². The van der Waals surface area contributed by atoms with Crippen LogP contribution in [0.4, 0.5) is 0 Å². The second-order valence-electron chi connectivity index (χ2n) is 7.93. The largest absolute Gasteiger partial charge is 0.265 e. The Labute approximate surface area is 211 Å². The van der Waals surface area contributed by atoms with Crippen molar-refractivity contribution in [3.05, 3.63) is 153 Å². The molecule has 0 aliphatic rings. The summed E-state index contributed by atoms with van der Waals surface area (Å²) in [6.07, 6.45) is 0.768. The molecule has 0 saturated carbocycles. The maximum Gasteiger partial charge on any atom is 0.243 e. The van der Waals surface area contributed by atoms with Crippen LogP contribution in [0.15, 0.2) is 121 Å². The second-order valence-corrected chi connectivity index (χ2v) is 7.93. The highest BCUT2D eigenvalue weighted by Crippen LogP contribution is 2.20. The molecule has 0 saturated heterocycles. The van der Waals surface area contributed by atoms with Crippen LogP contribution in [0.2, 0.25) is 0 Å². The van der Waals surface area contributed by atoms with Crippen LogP contribution in [-0.4, -0.2) is 16.4 Å². The van der Waals surface area contributed by atoms with Crippen molar-refractivity contribution in [2.75, 3.05) is 6.54 Å². The summed E-state index contributed by atoms with van der Waals surface area (Å²) >= 11 is 0. The average molecular weight is 483 g/mol. The quantitative estimate of drug-likeness (QED) is 0.192. The minimum Gasteiger partial charge on any atom is -0.265 e. The number of hydrogen-bond donors (Lipinski definition) is 0. The number of rotatable bonds is 8. The standard InChI is InChI=1S/C15H13NO2.C14H13NO2.CH4/c1-12(16(17)18)11-13-7-9-15(10-8-13)14-5-3-2-4-6-14;16-15(17)11-10-12-6-8-14(9-7-12)13-4-2-1-3-5-13;/h2-10H,1,11H2;1-9H,10-11H2;1H4. The fourth-order valence-corrected chi connectivity index (χ4v) is 3.46. The van der Waals surface area contributed by atoms with E-state index in [0.29, 0.717) is 6.42 Å². The van der Waals surface area contributed by atoms with Crippen molar-refractivity contribution >= 4 is 0 Å². The molecule has 4 aromatic rings. The Morgan fingerprint density at radius 3 is 1.39 bits per heavy atom. The van der Waals surface area contributed by atoms with Crippen LogP contribution >= 0.6 is 0 Å². The molecule has 0 radical (unpaired) electrons. The molecule has 0 N–H and O–H groups in total. The highest BCUT2D eigenvalue weighted by Gasteiger charge is 2.08. The van der Waals surface area contributed by atoms with Gasteiger partial charge in [0.15, 0.2) is 0 Å². The summed E-state index contributed by atoms with van der Waals surface area (Å²) in [5.74, 6) is 0. The van der Waals surface area contributed by atoms with Crippen LogP contribution in [0.5, 0.6) is 0 Å². The summed E-state index contributed by atoms with van der Waals surface area (Å²) in [6, 6.07) is 35.7. The average Bonchev–Trinajstić information content (AvgIpc) is 2.89.